The van der Waals surface area contributed by atoms with E-state index in [-0.39, 0.29) is 19.4 Å². The SMILES string of the molecule is CC(C)C=O.CC(O)C(C)O.CCC(C)=O.[2H]B=O. The summed E-state index contributed by atoms with van der Waals surface area (Å²) in [5.41, 5.74) is 0. The Morgan fingerprint density at radius 3 is 1.44 bits per heavy atom. The van der Waals surface area contributed by atoms with Crippen LogP contribution in [0.3, 0.4) is 0 Å². The second kappa shape index (κ2) is 21.4. The second-order valence-corrected chi connectivity index (χ2v) is 3.92. The van der Waals surface area contributed by atoms with Crippen molar-refractivity contribution in [2.75, 3.05) is 0 Å². The van der Waals surface area contributed by atoms with E-state index in [1.165, 1.54) is 0 Å². The molecule has 0 amide bonds. The molecule has 2 unspecified atom stereocenters. The minimum atomic E-state index is -0.593. The summed E-state index contributed by atoms with van der Waals surface area (Å²) >= 11 is 0. The van der Waals surface area contributed by atoms with Gasteiger partial charge in [0.25, 0.3) is 0 Å². The summed E-state index contributed by atoms with van der Waals surface area (Å²) in [5, 5.41) is 16.8. The Labute approximate surface area is 112 Å². The van der Waals surface area contributed by atoms with Crippen molar-refractivity contribution in [2.24, 2.45) is 5.92 Å². The molecule has 0 aromatic rings. The Morgan fingerprint density at radius 1 is 1.28 bits per heavy atom. The quantitative estimate of drug-likeness (QED) is 0.580. The first kappa shape index (κ1) is 22.3. The summed E-state index contributed by atoms with van der Waals surface area (Å²) in [6.45, 7) is 10.2. The van der Waals surface area contributed by atoms with Crippen LogP contribution in [-0.4, -0.2) is 43.5 Å². The van der Waals surface area contributed by atoms with E-state index < -0.39 is 12.2 Å². The van der Waals surface area contributed by atoms with E-state index in [4.69, 9.17) is 16.3 Å². The van der Waals surface area contributed by atoms with Crippen molar-refractivity contribution < 1.29 is 24.5 Å². The predicted octanol–water partition coefficient (Wildman–Crippen LogP) is 0.807. The molecule has 0 aliphatic heterocycles. The Balaban J connectivity index is -0.0000000811. The van der Waals surface area contributed by atoms with Crippen LogP contribution in [0.5, 0.6) is 0 Å². The van der Waals surface area contributed by atoms with Crippen LogP contribution in [-0.2, 0) is 14.3 Å². The first-order valence-corrected chi connectivity index (χ1v) is 5.73. The number of carbonyl (C=O) groups excluding carboxylic acids is 2. The monoisotopic (exact) mass is 263 g/mol. The fraction of sp³-hybridized carbons (Fsp3) is 0.833. The molecule has 0 saturated heterocycles. The van der Waals surface area contributed by atoms with Crippen molar-refractivity contribution in [1.29, 1.82) is 1.34 Å². The third kappa shape index (κ3) is 59.4. The summed E-state index contributed by atoms with van der Waals surface area (Å²) in [7, 11) is 0. The van der Waals surface area contributed by atoms with Crippen molar-refractivity contribution in [3.05, 3.63) is 0 Å². The third-order valence-electron chi connectivity index (χ3n) is 1.47. The molecule has 5 nitrogen and oxygen atoms in total. The molecule has 108 valence electrons. The van der Waals surface area contributed by atoms with Gasteiger partial charge < -0.3 is 19.8 Å². The molecular weight excluding hydrogens is 235 g/mol. The van der Waals surface area contributed by atoms with Crippen LogP contribution >= 0.6 is 0 Å². The second-order valence-electron chi connectivity index (χ2n) is 3.92. The van der Waals surface area contributed by atoms with Gasteiger partial charge in [-0.05, 0) is 20.8 Å². The molecule has 0 aromatic heterocycles. The van der Waals surface area contributed by atoms with Gasteiger partial charge in [0.2, 0.25) is 0 Å². The Hall–Kier alpha value is -0.875. The van der Waals surface area contributed by atoms with Gasteiger partial charge in [-0.3, -0.25) is 0 Å². The summed E-state index contributed by atoms with van der Waals surface area (Å²) < 4.78 is 14.0. The van der Waals surface area contributed by atoms with Gasteiger partial charge in [0, 0.05) is 12.3 Å². The number of ketones is 1. The average molecular weight is 263 g/mol. The molecule has 18 heavy (non-hydrogen) atoms. The standard InChI is InChI=1S/C4H10O2.2C4H8O.BHO/c1-3(5)4(2)6;1-4(2)3-5;1-3-4(2)5;1-2/h3-6H,1-2H3;3-4H,1-2H3;3H2,1-2H3;1H/i;;;1D. The molecule has 0 saturated carbocycles. The molecule has 0 aliphatic carbocycles. The molecule has 0 aromatic carbocycles. The number of carbonyl (C=O) groups is 2. The summed E-state index contributed by atoms with van der Waals surface area (Å²) in [6, 6.07) is 0. The molecule has 0 aliphatic rings. The van der Waals surface area contributed by atoms with Gasteiger partial charge in [-0.1, -0.05) is 20.8 Å². The zero-order valence-corrected chi connectivity index (χ0v) is 12.2. The normalized spacial score (nSPS) is 11.7. The van der Waals surface area contributed by atoms with E-state index in [1.54, 1.807) is 20.8 Å². The minimum absolute atomic E-state index is 0. The predicted molar refractivity (Wildman–Crippen MR) is 73.1 cm³/mol. The molecule has 0 fully saturated rings. The van der Waals surface area contributed by atoms with E-state index in [2.05, 4.69) is 0 Å². The van der Waals surface area contributed by atoms with Gasteiger partial charge in [-0.2, -0.15) is 0 Å². The fourth-order valence-corrected chi connectivity index (χ4v) is 0. The van der Waals surface area contributed by atoms with E-state index in [1.807, 2.05) is 20.8 Å². The van der Waals surface area contributed by atoms with Crippen molar-refractivity contribution in [1.82, 2.24) is 0 Å². The number of aliphatic hydroxyl groups is 2. The maximum atomic E-state index is 9.81. The zero-order chi connectivity index (χ0) is 16.4. The van der Waals surface area contributed by atoms with Crippen LogP contribution in [0.4, 0.5) is 0 Å². The van der Waals surface area contributed by atoms with Gasteiger partial charge >= 0.3 is 13.7 Å². The molecule has 0 spiro atoms. The van der Waals surface area contributed by atoms with Crippen molar-refractivity contribution >= 4 is 19.7 Å². The molecular formula is C12H27BO5. The number of hydrogen-bond donors (Lipinski definition) is 2. The first-order chi connectivity index (χ1) is 8.60. The third-order valence-corrected chi connectivity index (χ3v) is 1.47. The molecule has 0 heterocycles. The van der Waals surface area contributed by atoms with Crippen LogP contribution in [0, 0.1) is 5.92 Å². The molecule has 0 radical (unpaired) electrons. The van der Waals surface area contributed by atoms with Gasteiger partial charge in [0.05, 0.1) is 12.2 Å². The summed E-state index contributed by atoms with van der Waals surface area (Å²) in [4.78, 5) is 19.3. The molecule has 2 N–H and O–H groups in total. The number of aldehydes is 1. The van der Waals surface area contributed by atoms with Crippen LogP contribution in [0.1, 0.15) is 48.0 Å². The van der Waals surface area contributed by atoms with Crippen LogP contribution in [0.2, 0.25) is 0 Å². The molecule has 0 rings (SSSR count). The van der Waals surface area contributed by atoms with Crippen LogP contribution in [0.15, 0.2) is 0 Å². The topological polar surface area (TPSA) is 91.7 Å². The van der Waals surface area contributed by atoms with Gasteiger partial charge in [0.15, 0.2) is 0 Å². The van der Waals surface area contributed by atoms with E-state index in [0.29, 0.717) is 6.42 Å². The van der Waals surface area contributed by atoms with Gasteiger partial charge in [-0.25, -0.2) is 0 Å². The van der Waals surface area contributed by atoms with E-state index >= 15 is 0 Å². The van der Waals surface area contributed by atoms with Gasteiger partial charge in [-0.15, -0.1) is 0 Å². The van der Waals surface area contributed by atoms with Crippen LogP contribution < -0.4 is 0 Å². The van der Waals surface area contributed by atoms with Crippen LogP contribution in [0.25, 0.3) is 0 Å². The summed E-state index contributed by atoms with van der Waals surface area (Å²) in [6.07, 6.45) is 0.398. The number of aliphatic hydroxyl groups excluding tert-OH is 2. The van der Waals surface area contributed by atoms with E-state index in [0.717, 1.165) is 6.29 Å². The molecule has 6 heteroatoms. The number of rotatable bonds is 3. The maximum absolute atomic E-state index is 9.81. The van der Waals surface area contributed by atoms with Crippen molar-refractivity contribution in [2.45, 2.75) is 60.2 Å². The fourth-order valence-electron chi connectivity index (χ4n) is 0. The molecule has 0 bridgehead atoms. The van der Waals surface area contributed by atoms with Crippen molar-refractivity contribution in [3.63, 3.8) is 0 Å². The zero-order valence-electron chi connectivity index (χ0n) is 13.2. The van der Waals surface area contributed by atoms with E-state index in [9.17, 15) is 9.59 Å². The summed E-state index contributed by atoms with van der Waals surface area (Å²) in [5.74, 6) is 0.458. The Morgan fingerprint density at radius 2 is 1.44 bits per heavy atom. The molecule has 2 atom stereocenters. The average Bonchev–Trinajstić information content (AvgIpc) is 2.31. The van der Waals surface area contributed by atoms with Gasteiger partial charge in [0.1, 0.15) is 12.1 Å². The Kier molecular flexibility index (Phi) is 26.6. The number of Topliss-reactive ketones (excluding diaryl/α,β-unsaturated/α-hetero) is 1. The number of hydrogen-bond acceptors (Lipinski definition) is 5. The van der Waals surface area contributed by atoms with Crippen molar-refractivity contribution in [3.8, 4) is 0 Å². The Bertz CT molecular complexity index is 202. The first-order valence-electron chi connectivity index (χ1n) is 6.31.